The zero-order chi connectivity index (χ0) is 12.6. The standard InChI is InChI=1S/C10H20N2O4/c1-5-6(2)8(4)10(12(15)16)9(7(5)3)11(13)14/h5,7,9-13,15H,1-4H3. The third-order valence-corrected chi connectivity index (χ3v) is 4.04. The summed E-state index contributed by atoms with van der Waals surface area (Å²) in [5, 5.41) is 38.6. The number of hydrogen-bond donors (Lipinski definition) is 4. The fourth-order valence-electron chi connectivity index (χ4n) is 2.59. The van der Waals surface area contributed by atoms with E-state index in [-0.39, 0.29) is 11.8 Å². The van der Waals surface area contributed by atoms with Gasteiger partial charge in [-0.1, -0.05) is 19.4 Å². The summed E-state index contributed by atoms with van der Waals surface area (Å²) in [6.45, 7) is 7.39. The number of allylic oxidation sites excluding steroid dienone is 1. The van der Waals surface area contributed by atoms with Gasteiger partial charge < -0.3 is 10.4 Å². The highest BCUT2D eigenvalue weighted by Gasteiger charge is 2.45. The summed E-state index contributed by atoms with van der Waals surface area (Å²) >= 11 is 0. The molecule has 0 heterocycles. The van der Waals surface area contributed by atoms with Crippen molar-refractivity contribution in [3.05, 3.63) is 21.6 Å². The lowest BCUT2D eigenvalue weighted by Crippen LogP contribution is -3.21. The molecule has 0 fully saturated rings. The summed E-state index contributed by atoms with van der Waals surface area (Å²) in [6, 6.07) is -1.71. The molecule has 6 atom stereocenters. The first kappa shape index (κ1) is 13.6. The Morgan fingerprint density at radius 1 is 1.00 bits per heavy atom. The number of rotatable bonds is 2. The van der Waals surface area contributed by atoms with Crippen molar-refractivity contribution in [1.82, 2.24) is 0 Å². The second-order valence-corrected chi connectivity index (χ2v) is 4.69. The lowest BCUT2D eigenvalue weighted by molar-refractivity contribution is -1.12. The van der Waals surface area contributed by atoms with Crippen molar-refractivity contribution >= 4 is 0 Å². The van der Waals surface area contributed by atoms with Gasteiger partial charge in [-0.05, 0) is 25.3 Å². The maximum atomic E-state index is 11.2. The Hall–Kier alpha value is -0.500. The van der Waals surface area contributed by atoms with E-state index in [0.717, 1.165) is 5.57 Å². The van der Waals surface area contributed by atoms with Crippen LogP contribution in [0.5, 0.6) is 0 Å². The van der Waals surface area contributed by atoms with Crippen molar-refractivity contribution in [2.75, 3.05) is 0 Å². The Bertz CT molecular complexity index is 291. The highest BCUT2D eigenvalue weighted by molar-refractivity contribution is 5.22. The van der Waals surface area contributed by atoms with Crippen LogP contribution >= 0.6 is 0 Å². The van der Waals surface area contributed by atoms with Crippen LogP contribution in [0.2, 0.25) is 0 Å². The molecule has 0 spiro atoms. The fraction of sp³-hybridized carbons (Fsp3) is 0.800. The van der Waals surface area contributed by atoms with Crippen LogP contribution in [0, 0.1) is 22.3 Å². The van der Waals surface area contributed by atoms with E-state index in [4.69, 9.17) is 10.4 Å². The summed E-state index contributed by atoms with van der Waals surface area (Å²) in [5.74, 6) is -0.0287. The van der Waals surface area contributed by atoms with Gasteiger partial charge in [-0.2, -0.15) is 0 Å². The zero-order valence-corrected chi connectivity index (χ0v) is 10.0. The molecule has 1 aliphatic carbocycles. The third kappa shape index (κ3) is 2.13. The quantitative estimate of drug-likeness (QED) is 0.358. The molecule has 94 valence electrons. The van der Waals surface area contributed by atoms with Gasteiger partial charge in [0.25, 0.3) is 0 Å². The maximum absolute atomic E-state index is 11.2. The molecule has 0 aromatic carbocycles. The SMILES string of the molecule is CC1=C(C)C([NH+]([O-])O)C([NH+]([O-])O)C(C)C1C. The maximum Gasteiger partial charge on any atom is 0.194 e. The molecule has 0 aromatic heterocycles. The summed E-state index contributed by atoms with van der Waals surface area (Å²) in [7, 11) is 0. The van der Waals surface area contributed by atoms with E-state index in [1.165, 1.54) is 0 Å². The predicted molar refractivity (Wildman–Crippen MR) is 56.5 cm³/mol. The van der Waals surface area contributed by atoms with Crippen molar-refractivity contribution in [2.24, 2.45) is 11.8 Å². The molecule has 6 unspecified atom stereocenters. The second kappa shape index (κ2) is 4.79. The van der Waals surface area contributed by atoms with E-state index < -0.39 is 22.5 Å². The van der Waals surface area contributed by atoms with Crippen molar-refractivity contribution in [3.63, 3.8) is 0 Å². The van der Waals surface area contributed by atoms with Crippen LogP contribution in [0.15, 0.2) is 11.1 Å². The fourth-order valence-corrected chi connectivity index (χ4v) is 2.59. The van der Waals surface area contributed by atoms with Gasteiger partial charge in [0.15, 0.2) is 12.1 Å². The molecule has 1 aliphatic rings. The normalized spacial score (nSPS) is 39.8. The van der Waals surface area contributed by atoms with Crippen LogP contribution in [0.3, 0.4) is 0 Å². The molecule has 0 saturated heterocycles. The molecule has 1 rings (SSSR count). The molecule has 0 bridgehead atoms. The lowest BCUT2D eigenvalue weighted by Gasteiger charge is -2.43. The number of hydroxylamine groups is 4. The van der Waals surface area contributed by atoms with E-state index >= 15 is 0 Å². The van der Waals surface area contributed by atoms with Crippen LogP contribution in [0.4, 0.5) is 0 Å². The Morgan fingerprint density at radius 2 is 1.50 bits per heavy atom. The van der Waals surface area contributed by atoms with Crippen molar-refractivity contribution in [3.8, 4) is 0 Å². The molecule has 0 aliphatic heterocycles. The molecular weight excluding hydrogens is 212 g/mol. The Balaban J connectivity index is 3.18. The van der Waals surface area contributed by atoms with Gasteiger partial charge in [0.1, 0.15) is 0 Å². The number of quaternary nitrogens is 2. The average Bonchev–Trinajstić information content (AvgIpc) is 2.18. The van der Waals surface area contributed by atoms with Gasteiger partial charge in [-0.3, -0.25) is 0 Å². The third-order valence-electron chi connectivity index (χ3n) is 4.04. The number of hydrogen-bond acceptors (Lipinski definition) is 4. The highest BCUT2D eigenvalue weighted by atomic mass is 16.8. The minimum Gasteiger partial charge on any atom is -0.600 e. The van der Waals surface area contributed by atoms with Gasteiger partial charge in [-0.15, -0.1) is 0 Å². The van der Waals surface area contributed by atoms with Gasteiger partial charge in [-0.25, -0.2) is 20.9 Å². The average molecular weight is 232 g/mol. The zero-order valence-electron chi connectivity index (χ0n) is 10.0. The molecule has 4 N–H and O–H groups in total. The molecule has 6 heteroatoms. The topological polar surface area (TPSA) is 95.5 Å². The summed E-state index contributed by atoms with van der Waals surface area (Å²) < 4.78 is 0. The molecular formula is C10H20N2O4. The first-order valence-electron chi connectivity index (χ1n) is 5.41. The molecule has 0 saturated carbocycles. The van der Waals surface area contributed by atoms with E-state index in [1.54, 1.807) is 6.92 Å². The van der Waals surface area contributed by atoms with Crippen molar-refractivity contribution in [2.45, 2.75) is 39.8 Å². The number of nitrogens with one attached hydrogen (secondary N) is 2. The largest absolute Gasteiger partial charge is 0.600 e. The summed E-state index contributed by atoms with van der Waals surface area (Å²) in [5.41, 5.74) is 1.71. The molecule has 0 radical (unpaired) electrons. The Labute approximate surface area is 94.8 Å². The summed E-state index contributed by atoms with van der Waals surface area (Å²) in [4.78, 5) is 0. The molecule has 0 amide bonds. The second-order valence-electron chi connectivity index (χ2n) is 4.69. The highest BCUT2D eigenvalue weighted by Crippen LogP contribution is 2.32. The van der Waals surface area contributed by atoms with Crippen molar-refractivity contribution in [1.29, 1.82) is 0 Å². The molecule has 6 nitrogen and oxygen atoms in total. The van der Waals surface area contributed by atoms with E-state index in [9.17, 15) is 10.4 Å². The minimum absolute atomic E-state index is 0.122. The van der Waals surface area contributed by atoms with Gasteiger partial charge in [0, 0.05) is 5.92 Å². The lowest BCUT2D eigenvalue weighted by atomic mass is 9.72. The smallest absolute Gasteiger partial charge is 0.194 e. The van der Waals surface area contributed by atoms with Crippen LogP contribution in [0.25, 0.3) is 0 Å². The Kier molecular flexibility index (Phi) is 4.06. The van der Waals surface area contributed by atoms with Gasteiger partial charge in [0.2, 0.25) is 0 Å². The van der Waals surface area contributed by atoms with Crippen LogP contribution < -0.4 is 10.5 Å². The molecule has 16 heavy (non-hydrogen) atoms. The van der Waals surface area contributed by atoms with Crippen LogP contribution in [-0.4, -0.2) is 22.5 Å². The monoisotopic (exact) mass is 232 g/mol. The van der Waals surface area contributed by atoms with Crippen LogP contribution in [0.1, 0.15) is 27.7 Å². The Morgan fingerprint density at radius 3 is 1.88 bits per heavy atom. The first-order chi connectivity index (χ1) is 7.29. The van der Waals surface area contributed by atoms with E-state index in [2.05, 4.69) is 0 Å². The summed E-state index contributed by atoms with van der Waals surface area (Å²) in [6.07, 6.45) is 0. The van der Waals surface area contributed by atoms with Crippen molar-refractivity contribution < 1.29 is 20.9 Å². The van der Waals surface area contributed by atoms with E-state index in [0.29, 0.717) is 5.57 Å². The van der Waals surface area contributed by atoms with Crippen LogP contribution in [-0.2, 0) is 0 Å². The van der Waals surface area contributed by atoms with E-state index in [1.807, 2.05) is 20.8 Å². The predicted octanol–water partition coefficient (Wildman–Crippen LogP) is -1.11. The van der Waals surface area contributed by atoms with Gasteiger partial charge in [0.05, 0.1) is 0 Å². The minimum atomic E-state index is -1.04. The molecule has 0 aromatic rings. The first-order valence-corrected chi connectivity index (χ1v) is 5.41. The van der Waals surface area contributed by atoms with Gasteiger partial charge >= 0.3 is 0 Å².